The predicted molar refractivity (Wildman–Crippen MR) is 99.7 cm³/mol. The van der Waals surface area contributed by atoms with Crippen molar-refractivity contribution < 1.29 is 18.7 Å². The lowest BCUT2D eigenvalue weighted by Crippen LogP contribution is -2.31. The molecule has 0 saturated heterocycles. The van der Waals surface area contributed by atoms with Gasteiger partial charge in [0.1, 0.15) is 23.1 Å². The first-order chi connectivity index (χ1) is 13.1. The summed E-state index contributed by atoms with van der Waals surface area (Å²) in [5.74, 6) is -1.50. The molecule has 0 fully saturated rings. The molecule has 4 heteroatoms. The maximum Gasteiger partial charge on any atom is 0.174 e. The lowest BCUT2D eigenvalue weighted by molar-refractivity contribution is -0.119. The van der Waals surface area contributed by atoms with E-state index >= 15 is 0 Å². The van der Waals surface area contributed by atoms with Gasteiger partial charge in [-0.3, -0.25) is 9.59 Å². The molecule has 0 amide bonds. The van der Waals surface area contributed by atoms with Crippen LogP contribution in [0.1, 0.15) is 34.3 Å². The second kappa shape index (κ2) is 6.80. The fourth-order valence-electron chi connectivity index (χ4n) is 3.68. The number of para-hydroxylation sites is 1. The number of hydrogen-bond donors (Lipinski definition) is 0. The highest BCUT2D eigenvalue weighted by Gasteiger charge is 2.40. The summed E-state index contributed by atoms with van der Waals surface area (Å²) in [5, 5.41) is 0. The Balaban J connectivity index is 1.91. The molecule has 0 unspecified atom stereocenters. The van der Waals surface area contributed by atoms with Crippen LogP contribution in [0.25, 0.3) is 0 Å². The van der Waals surface area contributed by atoms with Gasteiger partial charge in [-0.05, 0) is 31.2 Å². The number of rotatable bonds is 4. The molecular weight excluding hydrogens is 343 g/mol. The van der Waals surface area contributed by atoms with E-state index in [-0.39, 0.29) is 11.6 Å². The minimum Gasteiger partial charge on any atom is -0.457 e. The molecule has 0 radical (unpaired) electrons. The van der Waals surface area contributed by atoms with Crippen LogP contribution in [0.15, 0.2) is 72.8 Å². The second-order valence-electron chi connectivity index (χ2n) is 6.62. The minimum absolute atomic E-state index is 0.263. The van der Waals surface area contributed by atoms with Gasteiger partial charge in [-0.25, -0.2) is 4.39 Å². The second-order valence-corrected chi connectivity index (χ2v) is 6.62. The monoisotopic (exact) mass is 360 g/mol. The number of fused-ring (bicyclic) bond motifs is 2. The average molecular weight is 360 g/mol. The Morgan fingerprint density at radius 1 is 0.889 bits per heavy atom. The SMILES string of the molecule is CC(=O)[C@H](C(=O)c1ccccc1)[C@@H]1c2ccccc2Oc2ccc(F)cc21. The normalized spacial score (nSPS) is 15.9. The van der Waals surface area contributed by atoms with Crippen molar-refractivity contribution in [1.29, 1.82) is 0 Å². The maximum absolute atomic E-state index is 14.0. The van der Waals surface area contributed by atoms with Gasteiger partial charge < -0.3 is 4.74 Å². The van der Waals surface area contributed by atoms with Crippen molar-refractivity contribution in [3.63, 3.8) is 0 Å². The molecule has 1 heterocycles. The molecule has 3 aromatic carbocycles. The van der Waals surface area contributed by atoms with Crippen molar-refractivity contribution in [2.75, 3.05) is 0 Å². The van der Waals surface area contributed by atoms with Crippen LogP contribution in [-0.2, 0) is 4.79 Å². The van der Waals surface area contributed by atoms with E-state index in [0.717, 1.165) is 0 Å². The van der Waals surface area contributed by atoms with Gasteiger partial charge in [0.15, 0.2) is 5.78 Å². The Morgan fingerprint density at radius 2 is 1.56 bits per heavy atom. The molecule has 0 saturated carbocycles. The number of ether oxygens (including phenoxy) is 1. The number of Topliss-reactive ketones (excluding diaryl/α,β-unsaturated/α-hetero) is 2. The van der Waals surface area contributed by atoms with Gasteiger partial charge in [0, 0.05) is 22.6 Å². The average Bonchev–Trinajstić information content (AvgIpc) is 2.68. The molecular formula is C23H17FO3. The lowest BCUT2D eigenvalue weighted by atomic mass is 9.74. The number of carbonyl (C=O) groups is 2. The van der Waals surface area contributed by atoms with Gasteiger partial charge in [0.2, 0.25) is 0 Å². The van der Waals surface area contributed by atoms with Crippen LogP contribution < -0.4 is 4.74 Å². The maximum atomic E-state index is 14.0. The van der Waals surface area contributed by atoms with Crippen LogP contribution in [-0.4, -0.2) is 11.6 Å². The summed E-state index contributed by atoms with van der Waals surface area (Å²) in [6, 6.07) is 20.2. The molecule has 134 valence electrons. The highest BCUT2D eigenvalue weighted by Crippen LogP contribution is 2.48. The van der Waals surface area contributed by atoms with Gasteiger partial charge >= 0.3 is 0 Å². The molecule has 1 aliphatic heterocycles. The number of hydrogen-bond acceptors (Lipinski definition) is 3. The zero-order valence-electron chi connectivity index (χ0n) is 14.7. The van der Waals surface area contributed by atoms with Gasteiger partial charge in [0.25, 0.3) is 0 Å². The first-order valence-corrected chi connectivity index (χ1v) is 8.72. The van der Waals surface area contributed by atoms with Crippen molar-refractivity contribution in [2.24, 2.45) is 5.92 Å². The molecule has 0 bridgehead atoms. The van der Waals surface area contributed by atoms with Gasteiger partial charge in [0.05, 0.1) is 5.92 Å². The summed E-state index contributed by atoms with van der Waals surface area (Å²) < 4.78 is 19.9. The molecule has 3 nitrogen and oxygen atoms in total. The molecule has 0 aliphatic carbocycles. The molecule has 0 N–H and O–H groups in total. The van der Waals surface area contributed by atoms with Crippen molar-refractivity contribution in [3.05, 3.63) is 95.3 Å². The topological polar surface area (TPSA) is 43.4 Å². The van der Waals surface area contributed by atoms with Crippen LogP contribution >= 0.6 is 0 Å². The Kier molecular flexibility index (Phi) is 4.32. The van der Waals surface area contributed by atoms with Crippen LogP contribution in [0.5, 0.6) is 11.5 Å². The predicted octanol–water partition coefficient (Wildman–Crippen LogP) is 5.15. The summed E-state index contributed by atoms with van der Waals surface area (Å²) in [6.07, 6.45) is 0. The molecule has 27 heavy (non-hydrogen) atoms. The number of ketones is 2. The van der Waals surface area contributed by atoms with E-state index in [2.05, 4.69) is 0 Å². The van der Waals surface area contributed by atoms with E-state index in [0.29, 0.717) is 28.2 Å². The standard InChI is InChI=1S/C23H17FO3/c1-14(25)21(23(26)15-7-3-2-4-8-15)22-17-9-5-6-10-19(17)27-20-12-11-16(24)13-18(20)22/h2-13,21-22H,1H3/t21-,22+/m0/s1. The van der Waals surface area contributed by atoms with E-state index in [9.17, 15) is 14.0 Å². The number of benzene rings is 3. The van der Waals surface area contributed by atoms with E-state index in [1.165, 1.54) is 25.1 Å². The summed E-state index contributed by atoms with van der Waals surface area (Å²) in [4.78, 5) is 25.8. The zero-order valence-corrected chi connectivity index (χ0v) is 14.7. The third-order valence-electron chi connectivity index (χ3n) is 4.89. The Bertz CT molecular complexity index is 1030. The van der Waals surface area contributed by atoms with Crippen LogP contribution in [0, 0.1) is 11.7 Å². The highest BCUT2D eigenvalue weighted by molar-refractivity contribution is 6.11. The van der Waals surface area contributed by atoms with Crippen molar-refractivity contribution in [1.82, 2.24) is 0 Å². The molecule has 1 aliphatic rings. The van der Waals surface area contributed by atoms with E-state index in [1.54, 1.807) is 30.3 Å². The molecule has 0 spiro atoms. The largest absolute Gasteiger partial charge is 0.457 e. The molecule has 0 aromatic heterocycles. The third-order valence-corrected chi connectivity index (χ3v) is 4.89. The fourth-order valence-corrected chi connectivity index (χ4v) is 3.68. The lowest BCUT2D eigenvalue weighted by Gasteiger charge is -2.32. The summed E-state index contributed by atoms with van der Waals surface area (Å²) in [7, 11) is 0. The summed E-state index contributed by atoms with van der Waals surface area (Å²) in [5.41, 5.74) is 1.68. The minimum atomic E-state index is -0.960. The van der Waals surface area contributed by atoms with E-state index < -0.39 is 17.7 Å². The van der Waals surface area contributed by atoms with Crippen LogP contribution in [0.3, 0.4) is 0 Å². The molecule has 3 aromatic rings. The zero-order chi connectivity index (χ0) is 19.0. The number of carbonyl (C=O) groups excluding carboxylic acids is 2. The first kappa shape index (κ1) is 17.2. The number of halogens is 1. The highest BCUT2D eigenvalue weighted by atomic mass is 19.1. The Morgan fingerprint density at radius 3 is 2.30 bits per heavy atom. The summed E-state index contributed by atoms with van der Waals surface area (Å²) in [6.45, 7) is 1.41. The Labute approximate surface area is 156 Å². The van der Waals surface area contributed by atoms with E-state index in [4.69, 9.17) is 4.74 Å². The first-order valence-electron chi connectivity index (χ1n) is 8.72. The van der Waals surface area contributed by atoms with E-state index in [1.807, 2.05) is 24.3 Å². The van der Waals surface area contributed by atoms with Crippen LogP contribution in [0.4, 0.5) is 4.39 Å². The summed E-state index contributed by atoms with van der Waals surface area (Å²) >= 11 is 0. The van der Waals surface area contributed by atoms with Crippen LogP contribution in [0.2, 0.25) is 0 Å². The van der Waals surface area contributed by atoms with Gasteiger partial charge in [-0.2, -0.15) is 0 Å². The van der Waals surface area contributed by atoms with Crippen molar-refractivity contribution in [3.8, 4) is 11.5 Å². The Hall–Kier alpha value is -3.27. The fraction of sp³-hybridized carbons (Fsp3) is 0.130. The smallest absolute Gasteiger partial charge is 0.174 e. The molecule has 2 atom stereocenters. The van der Waals surface area contributed by atoms with Crippen molar-refractivity contribution >= 4 is 11.6 Å². The molecule has 4 rings (SSSR count). The van der Waals surface area contributed by atoms with Crippen molar-refractivity contribution in [2.45, 2.75) is 12.8 Å². The van der Waals surface area contributed by atoms with Gasteiger partial charge in [-0.1, -0.05) is 48.5 Å². The quantitative estimate of drug-likeness (QED) is 0.477. The third kappa shape index (κ3) is 3.04. The van der Waals surface area contributed by atoms with Gasteiger partial charge in [-0.15, -0.1) is 0 Å².